The Hall–Kier alpha value is -2.10. The van der Waals surface area contributed by atoms with E-state index in [0.717, 1.165) is 56.7 Å². The molecule has 4 nitrogen and oxygen atoms in total. The smallest absolute Gasteiger partial charge is 0.135 e. The molecular weight excluding hydrogens is 368 g/mol. The SMILES string of the molecule is CCc1nc2c(c(N3CCCCCC3)n1)CCC(c1cc(N)ccc1C(C)CC)C2. The molecule has 1 aromatic heterocycles. The fraction of sp³-hybridized carbons (Fsp3) is 0.615. The van der Waals surface area contributed by atoms with Crippen molar-refractivity contribution in [3.8, 4) is 0 Å². The minimum atomic E-state index is 0.501. The first-order valence-electron chi connectivity index (χ1n) is 12.1. The average Bonchev–Trinajstić information content (AvgIpc) is 3.06. The molecule has 2 unspecified atom stereocenters. The van der Waals surface area contributed by atoms with Crippen LogP contribution < -0.4 is 10.6 Å². The summed E-state index contributed by atoms with van der Waals surface area (Å²) in [4.78, 5) is 12.6. The summed E-state index contributed by atoms with van der Waals surface area (Å²) in [7, 11) is 0. The zero-order valence-electron chi connectivity index (χ0n) is 19.1. The summed E-state index contributed by atoms with van der Waals surface area (Å²) in [5.41, 5.74) is 12.7. The Bertz CT molecular complexity index is 868. The molecule has 1 aliphatic heterocycles. The van der Waals surface area contributed by atoms with E-state index >= 15 is 0 Å². The summed E-state index contributed by atoms with van der Waals surface area (Å²) in [5.74, 6) is 3.31. The number of hydrogen-bond acceptors (Lipinski definition) is 4. The highest BCUT2D eigenvalue weighted by molar-refractivity contribution is 5.53. The summed E-state index contributed by atoms with van der Waals surface area (Å²) in [6.45, 7) is 9.07. The van der Waals surface area contributed by atoms with Gasteiger partial charge in [0, 0.05) is 30.8 Å². The van der Waals surface area contributed by atoms with Crippen molar-refractivity contribution in [1.82, 2.24) is 9.97 Å². The Labute approximate surface area is 182 Å². The predicted octanol–water partition coefficient (Wildman–Crippen LogP) is 5.79. The maximum atomic E-state index is 6.22. The van der Waals surface area contributed by atoms with Crippen LogP contribution in [0.4, 0.5) is 11.5 Å². The van der Waals surface area contributed by atoms with E-state index in [2.05, 4.69) is 43.9 Å². The molecule has 2 aromatic rings. The normalized spacial score (nSPS) is 20.5. The van der Waals surface area contributed by atoms with Gasteiger partial charge in [0.15, 0.2) is 0 Å². The summed E-state index contributed by atoms with van der Waals surface area (Å²) in [6.07, 6.45) is 10.6. The number of nitrogens with two attached hydrogens (primary N) is 1. The molecule has 1 aliphatic carbocycles. The lowest BCUT2D eigenvalue weighted by atomic mass is 9.78. The van der Waals surface area contributed by atoms with Crippen LogP contribution in [0.15, 0.2) is 18.2 Å². The second kappa shape index (κ2) is 9.36. The van der Waals surface area contributed by atoms with Crippen molar-refractivity contribution in [2.24, 2.45) is 0 Å². The molecule has 1 saturated heterocycles. The second-order valence-electron chi connectivity index (χ2n) is 9.28. The molecule has 0 amide bonds. The Kier molecular flexibility index (Phi) is 6.60. The van der Waals surface area contributed by atoms with Gasteiger partial charge in [-0.15, -0.1) is 0 Å². The highest BCUT2D eigenvalue weighted by Crippen LogP contribution is 2.40. The average molecular weight is 407 g/mol. The molecule has 30 heavy (non-hydrogen) atoms. The van der Waals surface area contributed by atoms with Crippen LogP contribution >= 0.6 is 0 Å². The standard InChI is InChI=1S/C26H38N4/c1-4-18(3)21-13-11-20(27)17-23(21)19-10-12-22-24(16-19)28-25(5-2)29-26(22)30-14-8-6-7-9-15-30/h11,13,17-19H,4-10,12,14-16,27H2,1-3H3. The largest absolute Gasteiger partial charge is 0.399 e. The van der Waals surface area contributed by atoms with E-state index in [-0.39, 0.29) is 0 Å². The minimum Gasteiger partial charge on any atom is -0.399 e. The van der Waals surface area contributed by atoms with Crippen LogP contribution in [0.25, 0.3) is 0 Å². The van der Waals surface area contributed by atoms with Gasteiger partial charge in [-0.3, -0.25) is 0 Å². The van der Waals surface area contributed by atoms with Crippen molar-refractivity contribution in [2.75, 3.05) is 23.7 Å². The molecule has 0 saturated carbocycles. The lowest BCUT2D eigenvalue weighted by Gasteiger charge is -2.32. The number of aryl methyl sites for hydroxylation is 1. The van der Waals surface area contributed by atoms with Crippen molar-refractivity contribution in [3.63, 3.8) is 0 Å². The van der Waals surface area contributed by atoms with Crippen molar-refractivity contribution in [2.45, 2.75) is 90.4 Å². The van der Waals surface area contributed by atoms with Crippen LogP contribution in [0.5, 0.6) is 0 Å². The van der Waals surface area contributed by atoms with E-state index in [4.69, 9.17) is 15.7 Å². The molecule has 4 rings (SSSR count). The van der Waals surface area contributed by atoms with Crippen LogP contribution in [0.2, 0.25) is 0 Å². The van der Waals surface area contributed by atoms with Crippen LogP contribution in [-0.2, 0) is 19.3 Å². The van der Waals surface area contributed by atoms with Crippen LogP contribution in [0.1, 0.15) is 99.3 Å². The van der Waals surface area contributed by atoms with Crippen molar-refractivity contribution >= 4 is 11.5 Å². The van der Waals surface area contributed by atoms with Gasteiger partial charge < -0.3 is 10.6 Å². The predicted molar refractivity (Wildman–Crippen MR) is 126 cm³/mol. The lowest BCUT2D eigenvalue weighted by molar-refractivity contribution is 0.554. The fourth-order valence-electron chi connectivity index (χ4n) is 5.23. The molecule has 2 atom stereocenters. The van der Waals surface area contributed by atoms with E-state index in [0.29, 0.717) is 11.8 Å². The Balaban J connectivity index is 1.69. The molecule has 0 radical (unpaired) electrons. The maximum absolute atomic E-state index is 6.22. The van der Waals surface area contributed by atoms with Crippen LogP contribution in [-0.4, -0.2) is 23.1 Å². The van der Waals surface area contributed by atoms with E-state index in [9.17, 15) is 0 Å². The molecule has 2 heterocycles. The zero-order chi connectivity index (χ0) is 21.1. The van der Waals surface area contributed by atoms with Gasteiger partial charge in [-0.2, -0.15) is 0 Å². The van der Waals surface area contributed by atoms with Gasteiger partial charge in [0.25, 0.3) is 0 Å². The highest BCUT2D eigenvalue weighted by atomic mass is 15.2. The third-order valence-corrected chi connectivity index (χ3v) is 7.22. The topological polar surface area (TPSA) is 55.0 Å². The van der Waals surface area contributed by atoms with E-state index in [1.54, 1.807) is 0 Å². The number of rotatable bonds is 5. The number of anilines is 2. The van der Waals surface area contributed by atoms with Gasteiger partial charge in [0.1, 0.15) is 11.6 Å². The summed E-state index contributed by atoms with van der Waals surface area (Å²) in [6, 6.07) is 6.56. The molecular formula is C26H38N4. The van der Waals surface area contributed by atoms with E-state index < -0.39 is 0 Å². The van der Waals surface area contributed by atoms with Gasteiger partial charge >= 0.3 is 0 Å². The first kappa shape index (κ1) is 21.1. The van der Waals surface area contributed by atoms with E-state index in [1.807, 2.05) is 0 Å². The first-order chi connectivity index (χ1) is 14.6. The van der Waals surface area contributed by atoms with Gasteiger partial charge in [-0.05, 0) is 73.6 Å². The van der Waals surface area contributed by atoms with Gasteiger partial charge in [0.2, 0.25) is 0 Å². The number of fused-ring (bicyclic) bond motifs is 1. The number of hydrogen-bond donors (Lipinski definition) is 1. The number of nitrogens with zero attached hydrogens (tertiary/aromatic N) is 3. The summed E-state index contributed by atoms with van der Waals surface area (Å²) >= 11 is 0. The van der Waals surface area contributed by atoms with E-state index in [1.165, 1.54) is 53.9 Å². The molecule has 0 spiro atoms. The third kappa shape index (κ3) is 4.33. The molecule has 1 aromatic carbocycles. The van der Waals surface area contributed by atoms with Crippen LogP contribution in [0, 0.1) is 0 Å². The van der Waals surface area contributed by atoms with Crippen molar-refractivity contribution < 1.29 is 0 Å². The fourth-order valence-corrected chi connectivity index (χ4v) is 5.23. The highest BCUT2D eigenvalue weighted by Gasteiger charge is 2.29. The molecule has 2 N–H and O–H groups in total. The molecule has 2 aliphatic rings. The minimum absolute atomic E-state index is 0.501. The zero-order valence-corrected chi connectivity index (χ0v) is 19.1. The first-order valence-corrected chi connectivity index (χ1v) is 12.1. The molecule has 0 bridgehead atoms. The van der Waals surface area contributed by atoms with Gasteiger partial charge in [-0.25, -0.2) is 9.97 Å². The molecule has 162 valence electrons. The van der Waals surface area contributed by atoms with Gasteiger partial charge in [-0.1, -0.05) is 39.7 Å². The monoisotopic (exact) mass is 406 g/mol. The second-order valence-corrected chi connectivity index (χ2v) is 9.28. The Morgan fingerprint density at radius 1 is 1.10 bits per heavy atom. The van der Waals surface area contributed by atoms with Crippen LogP contribution in [0.3, 0.4) is 0 Å². The van der Waals surface area contributed by atoms with Gasteiger partial charge in [0.05, 0.1) is 5.69 Å². The van der Waals surface area contributed by atoms with Crippen molar-refractivity contribution in [1.29, 1.82) is 0 Å². The Morgan fingerprint density at radius 3 is 2.57 bits per heavy atom. The maximum Gasteiger partial charge on any atom is 0.135 e. The number of nitrogen functional groups attached to an aromatic ring is 1. The number of aromatic nitrogens is 2. The Morgan fingerprint density at radius 2 is 1.87 bits per heavy atom. The molecule has 4 heteroatoms. The number of benzene rings is 1. The summed E-state index contributed by atoms with van der Waals surface area (Å²) < 4.78 is 0. The van der Waals surface area contributed by atoms with Crippen molar-refractivity contribution in [3.05, 3.63) is 46.4 Å². The lowest BCUT2D eigenvalue weighted by Crippen LogP contribution is -2.29. The quantitative estimate of drug-likeness (QED) is 0.639. The summed E-state index contributed by atoms with van der Waals surface area (Å²) in [5, 5.41) is 0. The molecule has 1 fully saturated rings. The third-order valence-electron chi connectivity index (χ3n) is 7.22.